The van der Waals surface area contributed by atoms with Crippen molar-refractivity contribution in [2.75, 3.05) is 7.05 Å². The minimum Gasteiger partial charge on any atom is -0.439 e. The van der Waals surface area contributed by atoms with Gasteiger partial charge in [-0.3, -0.25) is 0 Å². The predicted molar refractivity (Wildman–Crippen MR) is 70.1 cm³/mol. The van der Waals surface area contributed by atoms with E-state index in [1.807, 2.05) is 25.2 Å². The summed E-state index contributed by atoms with van der Waals surface area (Å²) >= 11 is 6.93. The molecule has 2 rings (SSSR count). The molecule has 0 saturated heterocycles. The lowest BCUT2D eigenvalue weighted by molar-refractivity contribution is 0.491. The first-order chi connectivity index (χ1) is 7.70. The van der Waals surface area contributed by atoms with Crippen LogP contribution < -0.4 is 5.32 Å². The first-order valence-corrected chi connectivity index (χ1v) is 6.34. The van der Waals surface area contributed by atoms with E-state index in [0.29, 0.717) is 12.4 Å². The van der Waals surface area contributed by atoms with Crippen LogP contribution in [-0.4, -0.2) is 12.0 Å². The van der Waals surface area contributed by atoms with Gasteiger partial charge in [0.1, 0.15) is 0 Å². The molecule has 5 heteroatoms. The molecule has 0 unspecified atom stereocenters. The van der Waals surface area contributed by atoms with E-state index in [0.717, 1.165) is 20.3 Å². The number of oxazole rings is 1. The molecule has 0 amide bonds. The lowest BCUT2D eigenvalue weighted by atomic mass is 10.2. The van der Waals surface area contributed by atoms with Crippen LogP contribution in [0.1, 0.15) is 5.89 Å². The van der Waals surface area contributed by atoms with E-state index in [2.05, 4.69) is 42.2 Å². The number of rotatable bonds is 3. The average molecular weight is 346 g/mol. The molecule has 2 aromatic rings. The van der Waals surface area contributed by atoms with Crippen molar-refractivity contribution in [2.24, 2.45) is 0 Å². The van der Waals surface area contributed by atoms with Crippen molar-refractivity contribution in [3.63, 3.8) is 0 Å². The summed E-state index contributed by atoms with van der Waals surface area (Å²) < 4.78 is 7.62. The highest BCUT2D eigenvalue weighted by atomic mass is 79.9. The lowest BCUT2D eigenvalue weighted by Gasteiger charge is -2.01. The highest BCUT2D eigenvalue weighted by molar-refractivity contribution is 9.11. The third-order valence-corrected chi connectivity index (χ3v) is 3.26. The molecule has 0 fully saturated rings. The van der Waals surface area contributed by atoms with Gasteiger partial charge in [0, 0.05) is 14.5 Å². The Kier molecular flexibility index (Phi) is 3.78. The van der Waals surface area contributed by atoms with Crippen LogP contribution in [0.25, 0.3) is 11.3 Å². The number of halogens is 2. The summed E-state index contributed by atoms with van der Waals surface area (Å²) in [6, 6.07) is 5.94. The molecule has 1 aromatic carbocycles. The third-order valence-electron chi connectivity index (χ3n) is 2.08. The van der Waals surface area contributed by atoms with E-state index in [1.165, 1.54) is 0 Å². The molecular weight excluding hydrogens is 336 g/mol. The third kappa shape index (κ3) is 2.53. The maximum atomic E-state index is 5.62. The molecule has 1 N–H and O–H groups in total. The van der Waals surface area contributed by atoms with Crippen LogP contribution in [0.4, 0.5) is 0 Å². The Morgan fingerprint density at radius 3 is 2.94 bits per heavy atom. The number of hydrogen-bond acceptors (Lipinski definition) is 3. The predicted octanol–water partition coefficient (Wildman–Crippen LogP) is 3.59. The van der Waals surface area contributed by atoms with Crippen LogP contribution in [0, 0.1) is 0 Å². The van der Waals surface area contributed by atoms with Gasteiger partial charge in [0.05, 0.1) is 12.7 Å². The summed E-state index contributed by atoms with van der Waals surface area (Å²) in [4.78, 5) is 4.19. The second-order valence-electron chi connectivity index (χ2n) is 3.27. The van der Waals surface area contributed by atoms with E-state index in [1.54, 1.807) is 6.20 Å². The SMILES string of the molecule is CNCc1ncc(-c2cc(Br)ccc2Br)o1. The van der Waals surface area contributed by atoms with Crippen molar-refractivity contribution in [2.45, 2.75) is 6.54 Å². The van der Waals surface area contributed by atoms with Gasteiger partial charge >= 0.3 is 0 Å². The topological polar surface area (TPSA) is 38.1 Å². The average Bonchev–Trinajstić information content (AvgIpc) is 2.71. The Bertz CT molecular complexity index is 496. The number of nitrogens with zero attached hydrogens (tertiary/aromatic N) is 1. The molecule has 0 radical (unpaired) electrons. The van der Waals surface area contributed by atoms with Gasteiger partial charge < -0.3 is 9.73 Å². The summed E-state index contributed by atoms with van der Waals surface area (Å²) in [6.45, 7) is 0.631. The normalized spacial score (nSPS) is 10.7. The van der Waals surface area contributed by atoms with Crippen LogP contribution in [0.5, 0.6) is 0 Å². The molecule has 0 spiro atoms. The van der Waals surface area contributed by atoms with Crippen LogP contribution in [0.15, 0.2) is 37.8 Å². The Morgan fingerprint density at radius 1 is 1.38 bits per heavy atom. The van der Waals surface area contributed by atoms with E-state index >= 15 is 0 Å². The van der Waals surface area contributed by atoms with Gasteiger partial charge in [-0.15, -0.1) is 0 Å². The molecule has 0 aliphatic heterocycles. The van der Waals surface area contributed by atoms with E-state index in [4.69, 9.17) is 4.42 Å². The zero-order valence-corrected chi connectivity index (χ0v) is 11.8. The zero-order valence-electron chi connectivity index (χ0n) is 8.63. The van der Waals surface area contributed by atoms with Crippen LogP contribution >= 0.6 is 31.9 Å². The van der Waals surface area contributed by atoms with E-state index in [-0.39, 0.29) is 0 Å². The molecular formula is C11H10Br2N2O. The lowest BCUT2D eigenvalue weighted by Crippen LogP contribution is -2.04. The smallest absolute Gasteiger partial charge is 0.208 e. The molecule has 3 nitrogen and oxygen atoms in total. The zero-order chi connectivity index (χ0) is 11.5. The Morgan fingerprint density at radius 2 is 2.19 bits per heavy atom. The van der Waals surface area contributed by atoms with Crippen LogP contribution in [0.2, 0.25) is 0 Å². The molecule has 0 saturated carbocycles. The molecule has 1 aromatic heterocycles. The standard InChI is InChI=1S/C11H10Br2N2O/c1-14-6-11-15-5-10(16-11)8-4-7(12)2-3-9(8)13/h2-5,14H,6H2,1H3. The summed E-state index contributed by atoms with van der Waals surface area (Å²) in [5.41, 5.74) is 0.990. The quantitative estimate of drug-likeness (QED) is 0.923. The Hall–Kier alpha value is -0.650. The number of aromatic nitrogens is 1. The highest BCUT2D eigenvalue weighted by Gasteiger charge is 2.09. The van der Waals surface area contributed by atoms with Gasteiger partial charge in [0.2, 0.25) is 5.89 Å². The fraction of sp³-hybridized carbons (Fsp3) is 0.182. The fourth-order valence-electron chi connectivity index (χ4n) is 1.35. The molecule has 0 atom stereocenters. The van der Waals surface area contributed by atoms with Crippen molar-refractivity contribution in [1.29, 1.82) is 0 Å². The maximum absolute atomic E-state index is 5.62. The van der Waals surface area contributed by atoms with Crippen molar-refractivity contribution in [3.8, 4) is 11.3 Å². The van der Waals surface area contributed by atoms with Gasteiger partial charge in [-0.2, -0.15) is 0 Å². The van der Waals surface area contributed by atoms with Crippen molar-refractivity contribution in [3.05, 3.63) is 39.2 Å². The first kappa shape index (κ1) is 11.8. The summed E-state index contributed by atoms with van der Waals surface area (Å²) in [5, 5.41) is 3.00. The fourth-order valence-corrected chi connectivity index (χ4v) is 2.16. The molecule has 1 heterocycles. The van der Waals surface area contributed by atoms with E-state index < -0.39 is 0 Å². The van der Waals surface area contributed by atoms with Crippen LogP contribution in [-0.2, 0) is 6.54 Å². The minimum absolute atomic E-state index is 0.631. The Balaban J connectivity index is 2.38. The van der Waals surface area contributed by atoms with Gasteiger partial charge in [-0.25, -0.2) is 4.98 Å². The number of nitrogens with one attached hydrogen (secondary N) is 1. The van der Waals surface area contributed by atoms with Gasteiger partial charge in [-0.05, 0) is 25.2 Å². The maximum Gasteiger partial charge on any atom is 0.208 e. The highest BCUT2D eigenvalue weighted by Crippen LogP contribution is 2.31. The molecule has 84 valence electrons. The number of benzene rings is 1. The monoisotopic (exact) mass is 344 g/mol. The van der Waals surface area contributed by atoms with Crippen molar-refractivity contribution < 1.29 is 4.42 Å². The van der Waals surface area contributed by atoms with Crippen molar-refractivity contribution >= 4 is 31.9 Å². The molecule has 0 aliphatic rings. The number of hydrogen-bond donors (Lipinski definition) is 1. The molecule has 0 bridgehead atoms. The Labute approximate surface area is 111 Å². The molecule has 0 aliphatic carbocycles. The van der Waals surface area contributed by atoms with Gasteiger partial charge in [-0.1, -0.05) is 31.9 Å². The summed E-state index contributed by atoms with van der Waals surface area (Å²) in [6.07, 6.45) is 1.74. The van der Waals surface area contributed by atoms with Gasteiger partial charge in [0.15, 0.2) is 5.76 Å². The largest absolute Gasteiger partial charge is 0.439 e. The summed E-state index contributed by atoms with van der Waals surface area (Å²) in [7, 11) is 1.86. The first-order valence-electron chi connectivity index (χ1n) is 4.75. The van der Waals surface area contributed by atoms with Crippen molar-refractivity contribution in [1.82, 2.24) is 10.3 Å². The molecule has 16 heavy (non-hydrogen) atoms. The minimum atomic E-state index is 0.631. The second kappa shape index (κ2) is 5.12. The van der Waals surface area contributed by atoms with E-state index in [9.17, 15) is 0 Å². The summed E-state index contributed by atoms with van der Waals surface area (Å²) in [5.74, 6) is 1.45. The van der Waals surface area contributed by atoms with Crippen LogP contribution in [0.3, 0.4) is 0 Å². The van der Waals surface area contributed by atoms with Gasteiger partial charge in [0.25, 0.3) is 0 Å². The second-order valence-corrected chi connectivity index (χ2v) is 5.04.